The van der Waals surface area contributed by atoms with Crippen LogP contribution in [0.4, 0.5) is 14.5 Å². The molecule has 0 spiro atoms. The second kappa shape index (κ2) is 14.1. The number of benzene rings is 3. The van der Waals surface area contributed by atoms with Gasteiger partial charge < -0.3 is 34.7 Å². The zero-order chi connectivity index (χ0) is 33.0. The smallest absolute Gasteiger partial charge is 0.305 e. The number of methoxy groups -OCH3 is 2. The number of aliphatic hydroxyl groups is 2. The van der Waals surface area contributed by atoms with Gasteiger partial charge >= 0.3 is 5.97 Å². The number of aliphatic hydroxyl groups excluding tert-OH is 2. The van der Waals surface area contributed by atoms with Gasteiger partial charge in [0.05, 0.1) is 49.8 Å². The molecule has 46 heavy (non-hydrogen) atoms. The molecule has 0 aliphatic heterocycles. The minimum atomic E-state index is -1.23. The van der Waals surface area contributed by atoms with E-state index in [1.165, 1.54) is 38.5 Å². The fourth-order valence-corrected chi connectivity index (χ4v) is 5.77. The molecule has 11 heteroatoms. The summed E-state index contributed by atoms with van der Waals surface area (Å²) < 4.78 is 41.0. The summed E-state index contributed by atoms with van der Waals surface area (Å²) in [6.07, 6.45) is -1.16. The summed E-state index contributed by atoms with van der Waals surface area (Å²) in [6, 6.07) is 16.6. The molecule has 5 rings (SSSR count). The Morgan fingerprint density at radius 3 is 2.11 bits per heavy atom. The molecule has 2 unspecified atom stereocenters. The van der Waals surface area contributed by atoms with Crippen molar-refractivity contribution in [1.29, 1.82) is 0 Å². The number of carbonyl (C=O) groups is 2. The zero-order valence-electron chi connectivity index (χ0n) is 25.5. The minimum absolute atomic E-state index is 0.00153. The van der Waals surface area contributed by atoms with Crippen LogP contribution in [0.1, 0.15) is 54.1 Å². The molecule has 1 fully saturated rings. The van der Waals surface area contributed by atoms with Gasteiger partial charge in [-0.1, -0.05) is 12.1 Å². The lowest BCUT2D eigenvalue weighted by Crippen LogP contribution is -2.22. The molecule has 4 aromatic rings. The van der Waals surface area contributed by atoms with Crippen molar-refractivity contribution in [1.82, 2.24) is 4.57 Å². The monoisotopic (exact) mass is 634 g/mol. The van der Waals surface area contributed by atoms with E-state index in [0.29, 0.717) is 50.8 Å². The number of anilines is 1. The van der Waals surface area contributed by atoms with Crippen LogP contribution in [-0.2, 0) is 11.3 Å². The molecule has 2 atom stereocenters. The number of hydrogen-bond donors (Lipinski definition) is 4. The Morgan fingerprint density at radius 1 is 0.913 bits per heavy atom. The van der Waals surface area contributed by atoms with E-state index in [-0.39, 0.29) is 25.3 Å². The summed E-state index contributed by atoms with van der Waals surface area (Å²) in [5.41, 5.74) is 3.72. The predicted molar refractivity (Wildman–Crippen MR) is 168 cm³/mol. The molecule has 1 aliphatic rings. The lowest BCUT2D eigenvalue weighted by atomic mass is 9.95. The third-order valence-electron chi connectivity index (χ3n) is 8.04. The van der Waals surface area contributed by atoms with Crippen LogP contribution >= 0.6 is 0 Å². The molecule has 1 heterocycles. The molecule has 242 valence electrons. The van der Waals surface area contributed by atoms with Crippen molar-refractivity contribution in [2.24, 2.45) is 0 Å². The number of halogens is 2. The quantitative estimate of drug-likeness (QED) is 0.130. The topological polar surface area (TPSA) is 130 Å². The van der Waals surface area contributed by atoms with E-state index < -0.39 is 42.1 Å². The largest absolute Gasteiger partial charge is 0.497 e. The van der Waals surface area contributed by atoms with Crippen LogP contribution in [0.5, 0.6) is 11.5 Å². The molecule has 3 aromatic carbocycles. The average molecular weight is 635 g/mol. The van der Waals surface area contributed by atoms with Gasteiger partial charge in [0, 0.05) is 29.8 Å². The number of ether oxygens (including phenoxy) is 2. The van der Waals surface area contributed by atoms with E-state index in [0.717, 1.165) is 12.8 Å². The van der Waals surface area contributed by atoms with Gasteiger partial charge in [-0.2, -0.15) is 0 Å². The SMILES string of the molecule is COc1ccc(NC(=O)c2c(-c3ccc(F)cc3)c(-c3ccc(F)cc3)n(CCC(O)CC(O)CC(=O)O)c2C2CC2)c(OC)c1. The third kappa shape index (κ3) is 7.38. The summed E-state index contributed by atoms with van der Waals surface area (Å²) >= 11 is 0. The molecule has 1 aliphatic carbocycles. The van der Waals surface area contributed by atoms with Crippen molar-refractivity contribution in [3.8, 4) is 33.9 Å². The van der Waals surface area contributed by atoms with E-state index in [2.05, 4.69) is 5.32 Å². The van der Waals surface area contributed by atoms with Crippen molar-refractivity contribution >= 4 is 17.6 Å². The molecular weight excluding hydrogens is 598 g/mol. The molecular formula is C35H36F2N2O7. The highest BCUT2D eigenvalue weighted by molar-refractivity contribution is 6.13. The summed E-state index contributed by atoms with van der Waals surface area (Å²) in [5.74, 6) is -1.59. The molecule has 4 N–H and O–H groups in total. The van der Waals surface area contributed by atoms with Gasteiger partial charge in [-0.05, 0) is 85.3 Å². The van der Waals surface area contributed by atoms with Crippen molar-refractivity contribution in [2.75, 3.05) is 19.5 Å². The normalized spacial score (nSPS) is 14.0. The Labute approximate surface area is 265 Å². The van der Waals surface area contributed by atoms with Crippen LogP contribution < -0.4 is 14.8 Å². The first-order valence-electron chi connectivity index (χ1n) is 15.0. The number of amides is 1. The summed E-state index contributed by atoms with van der Waals surface area (Å²) in [4.78, 5) is 25.4. The fraction of sp³-hybridized carbons (Fsp3) is 0.314. The van der Waals surface area contributed by atoms with Crippen molar-refractivity contribution in [3.05, 3.63) is 89.6 Å². The first kappa shape index (κ1) is 32.6. The van der Waals surface area contributed by atoms with Gasteiger partial charge in [-0.15, -0.1) is 0 Å². The van der Waals surface area contributed by atoms with E-state index in [9.17, 15) is 28.6 Å². The standard InChI is InChI=1S/C35H36F2N2O7/c1-45-27-13-14-28(29(19-27)46-2)38-35(44)32-31(20-5-9-23(36)10-6-20)33(22-7-11-24(37)12-8-22)39(34(32)21-3-4-21)16-15-25(40)17-26(41)18-30(42)43/h5-14,19,21,25-26,40-41H,3-4,15-18H2,1-2H3,(H,38,44)(H,42,43). The average Bonchev–Trinajstić information content (AvgIpc) is 3.81. The maximum absolute atomic E-state index is 14.4. The summed E-state index contributed by atoms with van der Waals surface area (Å²) in [5, 5.41) is 32.9. The summed E-state index contributed by atoms with van der Waals surface area (Å²) in [7, 11) is 3.00. The highest BCUT2D eigenvalue weighted by Gasteiger charge is 2.37. The number of rotatable bonds is 14. The van der Waals surface area contributed by atoms with Crippen LogP contribution in [0, 0.1) is 11.6 Å². The molecule has 1 aromatic heterocycles. The lowest BCUT2D eigenvalue weighted by Gasteiger charge is -2.19. The van der Waals surface area contributed by atoms with Crippen molar-refractivity contribution < 1.29 is 43.2 Å². The number of nitrogens with zero attached hydrogens (tertiary/aromatic N) is 1. The molecule has 0 radical (unpaired) electrons. The molecule has 0 bridgehead atoms. The first-order chi connectivity index (χ1) is 22.1. The van der Waals surface area contributed by atoms with E-state index in [1.807, 2.05) is 4.57 Å². The number of carboxylic acids is 1. The number of carbonyl (C=O) groups excluding carboxylic acids is 1. The zero-order valence-corrected chi connectivity index (χ0v) is 25.5. The van der Waals surface area contributed by atoms with Crippen LogP contribution in [0.2, 0.25) is 0 Å². The van der Waals surface area contributed by atoms with Gasteiger partial charge in [0.2, 0.25) is 0 Å². The Kier molecular flexibility index (Phi) is 10.0. The molecule has 0 saturated heterocycles. The number of aromatic nitrogens is 1. The van der Waals surface area contributed by atoms with Gasteiger partial charge in [0.1, 0.15) is 23.1 Å². The van der Waals surface area contributed by atoms with Crippen LogP contribution in [-0.4, -0.2) is 58.2 Å². The maximum atomic E-state index is 14.4. The number of aliphatic carboxylic acids is 1. The molecule has 1 saturated carbocycles. The Morgan fingerprint density at radius 2 is 1.54 bits per heavy atom. The Balaban J connectivity index is 1.67. The highest BCUT2D eigenvalue weighted by atomic mass is 19.1. The second-order valence-corrected chi connectivity index (χ2v) is 11.4. The van der Waals surface area contributed by atoms with Gasteiger partial charge in [0.15, 0.2) is 0 Å². The van der Waals surface area contributed by atoms with Gasteiger partial charge in [-0.3, -0.25) is 9.59 Å². The maximum Gasteiger partial charge on any atom is 0.305 e. The number of hydrogen-bond acceptors (Lipinski definition) is 6. The predicted octanol–water partition coefficient (Wildman–Crippen LogP) is 6.22. The third-order valence-corrected chi connectivity index (χ3v) is 8.04. The molecule has 9 nitrogen and oxygen atoms in total. The Bertz CT molecular complexity index is 1700. The first-order valence-corrected chi connectivity index (χ1v) is 15.0. The van der Waals surface area contributed by atoms with E-state index >= 15 is 0 Å². The lowest BCUT2D eigenvalue weighted by molar-refractivity contribution is -0.139. The van der Waals surface area contributed by atoms with E-state index in [4.69, 9.17) is 14.6 Å². The highest BCUT2D eigenvalue weighted by Crippen LogP contribution is 2.49. The molecule has 1 amide bonds. The minimum Gasteiger partial charge on any atom is -0.497 e. The van der Waals surface area contributed by atoms with Crippen molar-refractivity contribution in [3.63, 3.8) is 0 Å². The Hall–Kier alpha value is -4.74. The van der Waals surface area contributed by atoms with Crippen LogP contribution in [0.15, 0.2) is 66.7 Å². The fourth-order valence-electron chi connectivity index (χ4n) is 5.77. The number of nitrogens with one attached hydrogen (secondary N) is 1. The van der Waals surface area contributed by atoms with Gasteiger partial charge in [0.25, 0.3) is 5.91 Å². The summed E-state index contributed by atoms with van der Waals surface area (Å²) in [6.45, 7) is 0.201. The number of carboxylic acid groups (broad SMARTS) is 1. The van der Waals surface area contributed by atoms with E-state index in [1.54, 1.807) is 42.5 Å². The van der Waals surface area contributed by atoms with Crippen LogP contribution in [0.25, 0.3) is 22.4 Å². The van der Waals surface area contributed by atoms with Crippen molar-refractivity contribution in [2.45, 2.75) is 56.8 Å². The van der Waals surface area contributed by atoms with Gasteiger partial charge in [-0.25, -0.2) is 8.78 Å². The van der Waals surface area contributed by atoms with Crippen LogP contribution in [0.3, 0.4) is 0 Å². The second-order valence-electron chi connectivity index (χ2n) is 11.4.